The Hall–Kier alpha value is -2.09. The van der Waals surface area contributed by atoms with Crippen molar-refractivity contribution in [2.24, 2.45) is 0 Å². The van der Waals surface area contributed by atoms with Gasteiger partial charge in [-0.3, -0.25) is 4.79 Å². The SMILES string of the molecule is CN1CC2(CCOCC2)N(C2CCN(C(=O)c3cocn3)CC2)C1=O. The van der Waals surface area contributed by atoms with Crippen LogP contribution in [0.15, 0.2) is 17.1 Å². The van der Waals surface area contributed by atoms with Gasteiger partial charge < -0.3 is 23.9 Å². The van der Waals surface area contributed by atoms with Crippen molar-refractivity contribution in [3.05, 3.63) is 18.4 Å². The lowest BCUT2D eigenvalue weighted by molar-refractivity contribution is -0.0151. The Balaban J connectivity index is 1.45. The third-order valence-electron chi connectivity index (χ3n) is 5.77. The summed E-state index contributed by atoms with van der Waals surface area (Å²) in [6.45, 7) is 3.46. The van der Waals surface area contributed by atoms with Crippen molar-refractivity contribution < 1.29 is 18.7 Å². The second kappa shape index (κ2) is 6.33. The predicted molar refractivity (Wildman–Crippen MR) is 88.1 cm³/mol. The van der Waals surface area contributed by atoms with Crippen LogP contribution in [0.2, 0.25) is 0 Å². The number of hydrogen-bond donors (Lipinski definition) is 0. The molecule has 4 heterocycles. The number of likely N-dealkylation sites (N-methyl/N-ethyl adjacent to an activating group) is 1. The third kappa shape index (κ3) is 2.78. The monoisotopic (exact) mass is 348 g/mol. The summed E-state index contributed by atoms with van der Waals surface area (Å²) in [6, 6.07) is 0.292. The summed E-state index contributed by atoms with van der Waals surface area (Å²) in [7, 11) is 1.88. The molecular weight excluding hydrogens is 324 g/mol. The van der Waals surface area contributed by atoms with E-state index in [0.717, 1.165) is 32.2 Å². The van der Waals surface area contributed by atoms with E-state index in [1.54, 1.807) is 4.90 Å². The zero-order valence-corrected chi connectivity index (χ0v) is 14.5. The number of piperidine rings is 1. The number of oxazole rings is 1. The van der Waals surface area contributed by atoms with E-state index in [1.807, 2.05) is 11.9 Å². The fraction of sp³-hybridized carbons (Fsp3) is 0.706. The van der Waals surface area contributed by atoms with Gasteiger partial charge in [-0.25, -0.2) is 9.78 Å². The molecule has 0 aliphatic carbocycles. The summed E-state index contributed by atoms with van der Waals surface area (Å²) >= 11 is 0. The fourth-order valence-electron chi connectivity index (χ4n) is 4.47. The van der Waals surface area contributed by atoms with Gasteiger partial charge in [0.15, 0.2) is 12.1 Å². The molecule has 3 fully saturated rings. The molecule has 0 radical (unpaired) electrons. The number of aromatic nitrogens is 1. The van der Waals surface area contributed by atoms with Gasteiger partial charge >= 0.3 is 6.03 Å². The summed E-state index contributed by atoms with van der Waals surface area (Å²) < 4.78 is 10.4. The second-order valence-electron chi connectivity index (χ2n) is 7.24. The lowest BCUT2D eigenvalue weighted by atomic mass is 9.86. The molecule has 0 unspecified atom stereocenters. The van der Waals surface area contributed by atoms with Crippen molar-refractivity contribution >= 4 is 11.9 Å². The highest BCUT2D eigenvalue weighted by Crippen LogP contribution is 2.38. The number of urea groups is 1. The van der Waals surface area contributed by atoms with E-state index < -0.39 is 0 Å². The summed E-state index contributed by atoms with van der Waals surface area (Å²) in [4.78, 5) is 34.9. The summed E-state index contributed by atoms with van der Waals surface area (Å²) in [6.07, 6.45) is 6.03. The molecule has 8 heteroatoms. The molecular formula is C17H24N4O4. The van der Waals surface area contributed by atoms with Gasteiger partial charge in [0, 0.05) is 45.9 Å². The number of nitrogens with zero attached hydrogens (tertiary/aromatic N) is 4. The van der Waals surface area contributed by atoms with E-state index >= 15 is 0 Å². The Morgan fingerprint density at radius 3 is 2.64 bits per heavy atom. The van der Waals surface area contributed by atoms with E-state index in [1.165, 1.54) is 12.7 Å². The first-order chi connectivity index (χ1) is 12.1. The fourth-order valence-corrected chi connectivity index (χ4v) is 4.47. The third-order valence-corrected chi connectivity index (χ3v) is 5.77. The lowest BCUT2D eigenvalue weighted by Gasteiger charge is -2.46. The van der Waals surface area contributed by atoms with Gasteiger partial charge in [-0.2, -0.15) is 0 Å². The minimum atomic E-state index is -0.104. The van der Waals surface area contributed by atoms with Crippen LogP contribution in [0.3, 0.4) is 0 Å². The van der Waals surface area contributed by atoms with Gasteiger partial charge in [0.2, 0.25) is 0 Å². The van der Waals surface area contributed by atoms with Gasteiger partial charge in [0.1, 0.15) is 6.26 Å². The molecule has 0 saturated carbocycles. The van der Waals surface area contributed by atoms with E-state index in [0.29, 0.717) is 32.0 Å². The molecule has 0 aromatic carbocycles. The number of carbonyl (C=O) groups excluding carboxylic acids is 2. The average molecular weight is 348 g/mol. The smallest absolute Gasteiger partial charge is 0.320 e. The topological polar surface area (TPSA) is 79.1 Å². The Morgan fingerprint density at radius 1 is 1.28 bits per heavy atom. The zero-order valence-electron chi connectivity index (χ0n) is 14.5. The van der Waals surface area contributed by atoms with Crippen molar-refractivity contribution in [1.82, 2.24) is 19.7 Å². The molecule has 4 rings (SSSR count). The van der Waals surface area contributed by atoms with E-state index in [4.69, 9.17) is 9.15 Å². The molecule has 8 nitrogen and oxygen atoms in total. The molecule has 3 aliphatic heterocycles. The number of carbonyl (C=O) groups is 2. The second-order valence-corrected chi connectivity index (χ2v) is 7.24. The highest BCUT2D eigenvalue weighted by molar-refractivity contribution is 5.92. The normalized spacial score (nSPS) is 24.4. The van der Waals surface area contributed by atoms with Crippen LogP contribution in [-0.4, -0.2) is 83.1 Å². The van der Waals surface area contributed by atoms with Crippen molar-refractivity contribution in [2.75, 3.05) is 39.9 Å². The molecule has 0 N–H and O–H groups in total. The predicted octanol–water partition coefficient (Wildman–Crippen LogP) is 1.20. The molecule has 1 aromatic heterocycles. The van der Waals surface area contributed by atoms with Gasteiger partial charge in [-0.1, -0.05) is 0 Å². The van der Waals surface area contributed by atoms with Gasteiger partial charge in [-0.15, -0.1) is 0 Å². The van der Waals surface area contributed by atoms with Crippen molar-refractivity contribution in [3.8, 4) is 0 Å². The lowest BCUT2D eigenvalue weighted by Crippen LogP contribution is -2.57. The average Bonchev–Trinajstić information content (AvgIpc) is 3.24. The molecule has 3 amide bonds. The summed E-state index contributed by atoms with van der Waals surface area (Å²) in [5, 5.41) is 0. The summed E-state index contributed by atoms with van der Waals surface area (Å²) in [5.74, 6) is -0.0992. The first kappa shape index (κ1) is 16.4. The molecule has 25 heavy (non-hydrogen) atoms. The molecule has 1 spiro atoms. The van der Waals surface area contributed by atoms with Crippen molar-refractivity contribution in [3.63, 3.8) is 0 Å². The number of amides is 3. The maximum Gasteiger partial charge on any atom is 0.320 e. The zero-order chi connectivity index (χ0) is 17.4. The van der Waals surface area contributed by atoms with Crippen molar-refractivity contribution in [2.45, 2.75) is 37.3 Å². The standard InChI is InChI=1S/C17H24N4O4/c1-19-11-17(4-8-24-9-5-17)21(16(19)23)13-2-6-20(7-3-13)15(22)14-10-25-12-18-14/h10,12-13H,2-9,11H2,1H3. The van der Waals surface area contributed by atoms with Crippen LogP contribution in [-0.2, 0) is 4.74 Å². The number of rotatable bonds is 2. The van der Waals surface area contributed by atoms with E-state index in [9.17, 15) is 9.59 Å². The van der Waals surface area contributed by atoms with Gasteiger partial charge in [0.25, 0.3) is 5.91 Å². The van der Waals surface area contributed by atoms with Crippen LogP contribution in [0, 0.1) is 0 Å². The minimum Gasteiger partial charge on any atom is -0.451 e. The molecule has 136 valence electrons. The Morgan fingerprint density at radius 2 is 2.00 bits per heavy atom. The quantitative estimate of drug-likeness (QED) is 0.802. The highest BCUT2D eigenvalue weighted by Gasteiger charge is 2.52. The molecule has 1 aromatic rings. The molecule has 3 aliphatic rings. The largest absolute Gasteiger partial charge is 0.451 e. The molecule has 0 atom stereocenters. The van der Waals surface area contributed by atoms with Crippen LogP contribution in [0.25, 0.3) is 0 Å². The van der Waals surface area contributed by atoms with Crippen LogP contribution in [0.5, 0.6) is 0 Å². The van der Waals surface area contributed by atoms with Crippen LogP contribution in [0.4, 0.5) is 4.79 Å². The van der Waals surface area contributed by atoms with Crippen LogP contribution >= 0.6 is 0 Å². The molecule has 3 saturated heterocycles. The van der Waals surface area contributed by atoms with Gasteiger partial charge in [-0.05, 0) is 25.7 Å². The first-order valence-corrected chi connectivity index (χ1v) is 8.90. The highest BCUT2D eigenvalue weighted by atomic mass is 16.5. The first-order valence-electron chi connectivity index (χ1n) is 8.90. The Labute approximate surface area is 146 Å². The maximum absolute atomic E-state index is 12.8. The minimum absolute atomic E-state index is 0.0992. The van der Waals surface area contributed by atoms with Crippen LogP contribution in [0.1, 0.15) is 36.2 Å². The number of ether oxygens (including phenoxy) is 1. The van der Waals surface area contributed by atoms with Crippen molar-refractivity contribution in [1.29, 1.82) is 0 Å². The molecule has 0 bridgehead atoms. The van der Waals surface area contributed by atoms with Gasteiger partial charge in [0.05, 0.1) is 5.54 Å². The Kier molecular flexibility index (Phi) is 4.15. The van der Waals surface area contributed by atoms with E-state index in [-0.39, 0.29) is 23.5 Å². The summed E-state index contributed by atoms with van der Waals surface area (Å²) in [5.41, 5.74) is 0.240. The van der Waals surface area contributed by atoms with Crippen LogP contribution < -0.4 is 0 Å². The number of likely N-dealkylation sites (tertiary alicyclic amines) is 1. The Bertz CT molecular complexity index is 633. The van der Waals surface area contributed by atoms with E-state index in [2.05, 4.69) is 9.88 Å². The maximum atomic E-state index is 12.8. The number of hydrogen-bond acceptors (Lipinski definition) is 5.